The van der Waals surface area contributed by atoms with E-state index in [9.17, 15) is 0 Å². The Hall–Kier alpha value is 0.0600. The van der Waals surface area contributed by atoms with E-state index in [0.717, 1.165) is 5.75 Å². The first kappa shape index (κ1) is 10.6. The molecule has 0 saturated heterocycles. The molecule has 0 unspecified atom stereocenters. The molecule has 4 heteroatoms. The predicted octanol–water partition coefficient (Wildman–Crippen LogP) is 4.24. The summed E-state index contributed by atoms with van der Waals surface area (Å²) in [5, 5.41) is 3.44. The van der Waals surface area contributed by atoms with Gasteiger partial charge in [-0.1, -0.05) is 0 Å². The summed E-state index contributed by atoms with van der Waals surface area (Å²) in [6, 6.07) is 4.27. The number of ether oxygens (including phenoxy) is 1. The van der Waals surface area contributed by atoms with Gasteiger partial charge in [0.2, 0.25) is 0 Å². The third-order valence-electron chi connectivity index (χ3n) is 2.03. The highest BCUT2D eigenvalue weighted by Crippen LogP contribution is 2.40. The van der Waals surface area contributed by atoms with Crippen LogP contribution >= 0.6 is 45.7 Å². The van der Waals surface area contributed by atoms with Gasteiger partial charge >= 0.3 is 0 Å². The van der Waals surface area contributed by atoms with Gasteiger partial charge in [-0.25, -0.2) is 0 Å². The lowest BCUT2D eigenvalue weighted by atomic mass is 10.2. The van der Waals surface area contributed by atoms with Crippen molar-refractivity contribution < 1.29 is 4.74 Å². The van der Waals surface area contributed by atoms with Crippen LogP contribution in [-0.4, -0.2) is 13.4 Å². The van der Waals surface area contributed by atoms with Crippen LogP contribution in [0.4, 0.5) is 0 Å². The Morgan fingerprint density at radius 2 is 2.29 bits per heavy atom. The number of halogens is 1. The lowest BCUT2D eigenvalue weighted by Crippen LogP contribution is -1.87. The summed E-state index contributed by atoms with van der Waals surface area (Å²) >= 11 is 5.89. The Kier molecular flexibility index (Phi) is 3.23. The molecule has 2 rings (SSSR count). The first-order chi connectivity index (χ1) is 6.77. The van der Waals surface area contributed by atoms with Crippen LogP contribution in [0.1, 0.15) is 0 Å². The van der Waals surface area contributed by atoms with Crippen molar-refractivity contribution in [3.8, 4) is 5.75 Å². The van der Waals surface area contributed by atoms with Crippen molar-refractivity contribution in [2.75, 3.05) is 13.4 Å². The second kappa shape index (κ2) is 4.28. The minimum atomic E-state index is 0.979. The van der Waals surface area contributed by atoms with Crippen molar-refractivity contribution in [3.63, 3.8) is 0 Å². The Labute approximate surface area is 105 Å². The van der Waals surface area contributed by atoms with Gasteiger partial charge in [-0.3, -0.25) is 0 Å². The van der Waals surface area contributed by atoms with Gasteiger partial charge in [-0.2, -0.15) is 0 Å². The second-order valence-corrected chi connectivity index (χ2v) is 5.65. The molecule has 1 aromatic heterocycles. The molecule has 0 atom stereocenters. The van der Waals surface area contributed by atoms with Gasteiger partial charge < -0.3 is 4.74 Å². The largest absolute Gasteiger partial charge is 0.496 e. The Morgan fingerprint density at radius 1 is 1.50 bits per heavy atom. The Morgan fingerprint density at radius 3 is 2.93 bits per heavy atom. The molecule has 1 heterocycles. The zero-order valence-corrected chi connectivity index (χ0v) is 11.6. The smallest absolute Gasteiger partial charge is 0.134 e. The van der Waals surface area contributed by atoms with E-state index in [2.05, 4.69) is 46.4 Å². The third-order valence-corrected chi connectivity index (χ3v) is 5.03. The standard InChI is InChI=1S/C10H9IOS2/c1-12-8-5-7(11)9-6(3-4-14-9)10(8)13-2/h3-5H,1-2H3. The van der Waals surface area contributed by atoms with E-state index >= 15 is 0 Å². The van der Waals surface area contributed by atoms with Crippen molar-refractivity contribution in [2.45, 2.75) is 4.90 Å². The van der Waals surface area contributed by atoms with Gasteiger partial charge in [0.1, 0.15) is 5.75 Å². The van der Waals surface area contributed by atoms with Crippen molar-refractivity contribution in [2.24, 2.45) is 0 Å². The highest BCUT2D eigenvalue weighted by Gasteiger charge is 2.11. The van der Waals surface area contributed by atoms with Gasteiger partial charge in [-0.05, 0) is 46.4 Å². The van der Waals surface area contributed by atoms with E-state index in [1.165, 1.54) is 18.6 Å². The van der Waals surface area contributed by atoms with Crippen LogP contribution in [0.2, 0.25) is 0 Å². The zero-order valence-electron chi connectivity index (χ0n) is 7.83. The minimum absolute atomic E-state index is 0.979. The lowest BCUT2D eigenvalue weighted by molar-refractivity contribution is 0.406. The monoisotopic (exact) mass is 336 g/mol. The first-order valence-electron chi connectivity index (χ1n) is 4.05. The van der Waals surface area contributed by atoms with Crippen LogP contribution < -0.4 is 4.74 Å². The summed E-state index contributed by atoms with van der Waals surface area (Å²) in [5.41, 5.74) is 0. The molecule has 0 amide bonds. The topological polar surface area (TPSA) is 9.23 Å². The summed E-state index contributed by atoms with van der Waals surface area (Å²) in [5.74, 6) is 0.979. The maximum absolute atomic E-state index is 5.37. The number of benzene rings is 1. The van der Waals surface area contributed by atoms with Gasteiger partial charge in [0, 0.05) is 13.7 Å². The molecule has 0 spiro atoms. The van der Waals surface area contributed by atoms with Crippen LogP contribution in [-0.2, 0) is 0 Å². The molecule has 74 valence electrons. The molecule has 0 aliphatic heterocycles. The molecule has 0 aliphatic carbocycles. The number of fused-ring (bicyclic) bond motifs is 1. The number of thioether (sulfide) groups is 1. The molecule has 2 aromatic rings. The predicted molar refractivity (Wildman–Crippen MR) is 72.9 cm³/mol. The summed E-state index contributed by atoms with van der Waals surface area (Å²) in [7, 11) is 1.73. The van der Waals surface area contributed by atoms with Crippen molar-refractivity contribution in [1.82, 2.24) is 0 Å². The van der Waals surface area contributed by atoms with Gasteiger partial charge in [0.05, 0.1) is 12.0 Å². The van der Waals surface area contributed by atoms with E-state index < -0.39 is 0 Å². The highest BCUT2D eigenvalue weighted by atomic mass is 127. The van der Waals surface area contributed by atoms with Gasteiger partial charge in [-0.15, -0.1) is 23.1 Å². The van der Waals surface area contributed by atoms with E-state index in [4.69, 9.17) is 4.74 Å². The van der Waals surface area contributed by atoms with Gasteiger partial charge in [0.25, 0.3) is 0 Å². The van der Waals surface area contributed by atoms with Crippen LogP contribution in [0.15, 0.2) is 22.4 Å². The fourth-order valence-electron chi connectivity index (χ4n) is 1.41. The molecule has 0 fully saturated rings. The fraction of sp³-hybridized carbons (Fsp3) is 0.200. The maximum atomic E-state index is 5.37. The molecular formula is C10H9IOS2. The molecule has 0 N–H and O–H groups in total. The molecule has 14 heavy (non-hydrogen) atoms. The van der Waals surface area contributed by atoms with E-state index in [1.807, 2.05) is 0 Å². The maximum Gasteiger partial charge on any atom is 0.134 e. The summed E-state index contributed by atoms with van der Waals surface area (Å²) in [4.78, 5) is 1.24. The second-order valence-electron chi connectivity index (χ2n) is 2.76. The molecule has 0 bridgehead atoms. The van der Waals surface area contributed by atoms with E-state index in [1.54, 1.807) is 30.2 Å². The van der Waals surface area contributed by atoms with Crippen molar-refractivity contribution >= 4 is 55.8 Å². The van der Waals surface area contributed by atoms with Crippen molar-refractivity contribution in [1.29, 1.82) is 0 Å². The Bertz CT molecular complexity index is 464. The highest BCUT2D eigenvalue weighted by molar-refractivity contribution is 14.1. The van der Waals surface area contributed by atoms with Gasteiger partial charge in [0.15, 0.2) is 0 Å². The Balaban J connectivity index is 2.82. The third kappa shape index (κ3) is 1.63. The van der Waals surface area contributed by atoms with Crippen LogP contribution in [0.3, 0.4) is 0 Å². The van der Waals surface area contributed by atoms with Crippen LogP contribution in [0.25, 0.3) is 10.1 Å². The molecule has 1 nitrogen and oxygen atoms in total. The summed E-state index contributed by atoms with van der Waals surface area (Å²) < 4.78 is 8.00. The minimum Gasteiger partial charge on any atom is -0.496 e. The number of hydrogen-bond donors (Lipinski definition) is 0. The van der Waals surface area contributed by atoms with Crippen LogP contribution in [0, 0.1) is 3.57 Å². The van der Waals surface area contributed by atoms with Crippen LogP contribution in [0.5, 0.6) is 5.75 Å². The molecule has 0 saturated carbocycles. The quantitative estimate of drug-likeness (QED) is 0.599. The number of methoxy groups -OCH3 is 1. The fourth-order valence-corrected chi connectivity index (χ4v) is 3.98. The molecule has 0 aliphatic rings. The van der Waals surface area contributed by atoms with Crippen molar-refractivity contribution in [3.05, 3.63) is 21.1 Å². The summed E-state index contributed by atoms with van der Waals surface area (Å²) in [6.07, 6.45) is 2.09. The SMILES string of the molecule is COc1cc(I)c2sccc2c1SC. The number of hydrogen-bond acceptors (Lipinski definition) is 3. The molecular weight excluding hydrogens is 327 g/mol. The average Bonchev–Trinajstić information content (AvgIpc) is 2.66. The normalized spacial score (nSPS) is 10.8. The zero-order chi connectivity index (χ0) is 10.1. The van der Waals surface area contributed by atoms with E-state index in [0.29, 0.717) is 0 Å². The lowest BCUT2D eigenvalue weighted by Gasteiger charge is -2.08. The number of thiophene rings is 1. The summed E-state index contributed by atoms with van der Waals surface area (Å²) in [6.45, 7) is 0. The van der Waals surface area contributed by atoms with E-state index in [-0.39, 0.29) is 0 Å². The number of rotatable bonds is 2. The molecule has 1 aromatic carbocycles. The first-order valence-corrected chi connectivity index (χ1v) is 7.24. The molecule has 0 radical (unpaired) electrons. The average molecular weight is 336 g/mol.